The third kappa shape index (κ3) is 3.16. The maximum absolute atomic E-state index is 13.8. The Morgan fingerprint density at radius 1 is 1.21 bits per heavy atom. The molecule has 1 aliphatic heterocycles. The maximum atomic E-state index is 13.8. The molecule has 2 aromatic rings. The summed E-state index contributed by atoms with van der Waals surface area (Å²) in [5.74, 6) is -1.44. The minimum absolute atomic E-state index is 0.147. The van der Waals surface area contributed by atoms with Crippen LogP contribution < -0.4 is 0 Å². The van der Waals surface area contributed by atoms with Gasteiger partial charge in [-0.3, -0.25) is 9.59 Å². The molecule has 24 heavy (non-hydrogen) atoms. The molecule has 1 saturated heterocycles. The molecule has 0 aromatic heterocycles. The van der Waals surface area contributed by atoms with Gasteiger partial charge in [0.25, 0.3) is 11.8 Å². The summed E-state index contributed by atoms with van der Waals surface area (Å²) >= 11 is 6.16. The average Bonchev–Trinajstić information content (AvgIpc) is 2.83. The standard InChI is InChI=1S/C18H12FNO2S2/c1-11-5-4-7-13(9-11)16(21)20-17(22)15(24-18(20)23)10-12-6-2-3-8-14(12)19/h2-10H,1H3/b15-10+. The lowest BCUT2D eigenvalue weighted by Crippen LogP contribution is -2.34. The van der Waals surface area contributed by atoms with E-state index in [0.29, 0.717) is 5.56 Å². The summed E-state index contributed by atoms with van der Waals surface area (Å²) in [6.07, 6.45) is 1.41. The van der Waals surface area contributed by atoms with Gasteiger partial charge < -0.3 is 0 Å². The van der Waals surface area contributed by atoms with Crippen LogP contribution >= 0.6 is 24.0 Å². The van der Waals surface area contributed by atoms with E-state index in [2.05, 4.69) is 0 Å². The Morgan fingerprint density at radius 3 is 2.67 bits per heavy atom. The average molecular weight is 357 g/mol. The van der Waals surface area contributed by atoms with Crippen LogP contribution in [-0.2, 0) is 4.79 Å². The summed E-state index contributed by atoms with van der Waals surface area (Å²) in [6.45, 7) is 1.86. The van der Waals surface area contributed by atoms with Gasteiger partial charge in [0, 0.05) is 11.1 Å². The maximum Gasteiger partial charge on any atom is 0.273 e. The number of aryl methyl sites for hydroxylation is 1. The number of nitrogens with zero attached hydrogens (tertiary/aromatic N) is 1. The van der Waals surface area contributed by atoms with Crippen molar-refractivity contribution < 1.29 is 14.0 Å². The van der Waals surface area contributed by atoms with E-state index in [0.717, 1.165) is 22.2 Å². The number of carbonyl (C=O) groups excluding carboxylic acids is 2. The zero-order valence-corrected chi connectivity index (χ0v) is 14.3. The highest BCUT2D eigenvalue weighted by molar-refractivity contribution is 8.26. The first-order valence-corrected chi connectivity index (χ1v) is 8.33. The molecule has 1 fully saturated rings. The van der Waals surface area contributed by atoms with Gasteiger partial charge in [-0.05, 0) is 31.2 Å². The molecule has 120 valence electrons. The molecule has 0 N–H and O–H groups in total. The van der Waals surface area contributed by atoms with Crippen LogP contribution in [0.4, 0.5) is 4.39 Å². The van der Waals surface area contributed by atoms with E-state index in [1.54, 1.807) is 36.4 Å². The van der Waals surface area contributed by atoms with Crippen molar-refractivity contribution in [3.63, 3.8) is 0 Å². The topological polar surface area (TPSA) is 37.4 Å². The van der Waals surface area contributed by atoms with Crippen LogP contribution in [0.2, 0.25) is 0 Å². The normalized spacial score (nSPS) is 16.1. The molecule has 0 unspecified atom stereocenters. The van der Waals surface area contributed by atoms with Crippen molar-refractivity contribution in [3.8, 4) is 0 Å². The smallest absolute Gasteiger partial charge is 0.268 e. The summed E-state index contributed by atoms with van der Waals surface area (Å²) in [5.41, 5.74) is 1.58. The van der Waals surface area contributed by atoms with Crippen molar-refractivity contribution in [2.24, 2.45) is 0 Å². The number of thioether (sulfide) groups is 1. The first kappa shape index (κ1) is 16.5. The number of rotatable bonds is 2. The predicted octanol–water partition coefficient (Wildman–Crippen LogP) is 4.18. The SMILES string of the molecule is Cc1cccc(C(=O)N2C(=O)/C(=C\c3ccccc3F)SC2=S)c1. The summed E-state index contributed by atoms with van der Waals surface area (Å²) in [7, 11) is 0. The molecule has 3 nitrogen and oxygen atoms in total. The van der Waals surface area contributed by atoms with Gasteiger partial charge in [-0.25, -0.2) is 9.29 Å². The van der Waals surface area contributed by atoms with Crippen LogP contribution in [0, 0.1) is 12.7 Å². The summed E-state index contributed by atoms with van der Waals surface area (Å²) in [4.78, 5) is 26.3. The fourth-order valence-electron chi connectivity index (χ4n) is 2.28. The van der Waals surface area contributed by atoms with Crippen LogP contribution in [0.25, 0.3) is 6.08 Å². The van der Waals surface area contributed by atoms with Crippen LogP contribution in [0.3, 0.4) is 0 Å². The molecule has 1 aliphatic rings. The molecular formula is C18H12FNO2S2. The van der Waals surface area contributed by atoms with Gasteiger partial charge in [-0.15, -0.1) is 0 Å². The molecule has 0 bridgehead atoms. The van der Waals surface area contributed by atoms with Crippen LogP contribution in [0.15, 0.2) is 53.4 Å². The van der Waals surface area contributed by atoms with E-state index in [9.17, 15) is 14.0 Å². The Hall–Kier alpha value is -2.31. The highest BCUT2D eigenvalue weighted by Crippen LogP contribution is 2.34. The zero-order valence-electron chi connectivity index (χ0n) is 12.7. The number of halogens is 1. The summed E-state index contributed by atoms with van der Waals surface area (Å²) < 4.78 is 13.9. The van der Waals surface area contributed by atoms with Crippen molar-refractivity contribution in [1.29, 1.82) is 0 Å². The number of benzene rings is 2. The molecule has 2 amide bonds. The Kier molecular flexibility index (Phi) is 4.59. The first-order chi connectivity index (χ1) is 11.5. The Balaban J connectivity index is 1.92. The van der Waals surface area contributed by atoms with Crippen LogP contribution in [-0.4, -0.2) is 21.0 Å². The van der Waals surface area contributed by atoms with Crippen LogP contribution in [0.1, 0.15) is 21.5 Å². The molecular weight excluding hydrogens is 345 g/mol. The molecule has 2 aromatic carbocycles. The second-order valence-corrected chi connectivity index (χ2v) is 6.89. The number of hydrogen-bond acceptors (Lipinski definition) is 4. The number of imide groups is 1. The molecule has 0 radical (unpaired) electrons. The van der Waals surface area contributed by atoms with Gasteiger partial charge in [-0.1, -0.05) is 59.9 Å². The van der Waals surface area contributed by atoms with E-state index >= 15 is 0 Å². The second-order valence-electron chi connectivity index (χ2n) is 5.21. The van der Waals surface area contributed by atoms with Crippen molar-refractivity contribution in [2.45, 2.75) is 6.92 Å². The van der Waals surface area contributed by atoms with Gasteiger partial charge in [0.05, 0.1) is 4.91 Å². The summed E-state index contributed by atoms with van der Waals surface area (Å²) in [5, 5.41) is 0. The van der Waals surface area contributed by atoms with Gasteiger partial charge in [0.15, 0.2) is 4.32 Å². The third-order valence-corrected chi connectivity index (χ3v) is 4.76. The molecule has 0 aliphatic carbocycles. The van der Waals surface area contributed by atoms with Crippen molar-refractivity contribution in [3.05, 3.63) is 75.9 Å². The van der Waals surface area contributed by atoms with Gasteiger partial charge in [0.2, 0.25) is 0 Å². The minimum Gasteiger partial charge on any atom is -0.268 e. The summed E-state index contributed by atoms with van der Waals surface area (Å²) in [6, 6.07) is 13.0. The van der Waals surface area contributed by atoms with Crippen molar-refractivity contribution in [2.75, 3.05) is 0 Å². The highest BCUT2D eigenvalue weighted by atomic mass is 32.2. The van der Waals surface area contributed by atoms with Crippen molar-refractivity contribution in [1.82, 2.24) is 4.90 Å². The van der Waals surface area contributed by atoms with E-state index in [1.807, 2.05) is 13.0 Å². The van der Waals surface area contributed by atoms with Gasteiger partial charge in [0.1, 0.15) is 5.82 Å². The molecule has 0 spiro atoms. The largest absolute Gasteiger partial charge is 0.273 e. The molecule has 6 heteroatoms. The van der Waals surface area contributed by atoms with E-state index < -0.39 is 17.6 Å². The lowest BCUT2D eigenvalue weighted by Gasteiger charge is -2.12. The quantitative estimate of drug-likeness (QED) is 0.459. The van der Waals surface area contributed by atoms with E-state index in [4.69, 9.17) is 12.2 Å². The third-order valence-electron chi connectivity index (χ3n) is 3.45. The minimum atomic E-state index is -0.528. The lowest BCUT2D eigenvalue weighted by atomic mass is 10.1. The molecule has 1 heterocycles. The Morgan fingerprint density at radius 2 is 1.96 bits per heavy atom. The van der Waals surface area contributed by atoms with E-state index in [-0.39, 0.29) is 14.8 Å². The Labute approximate surface area is 148 Å². The zero-order chi connectivity index (χ0) is 17.3. The van der Waals surface area contributed by atoms with E-state index in [1.165, 1.54) is 12.1 Å². The van der Waals surface area contributed by atoms with Gasteiger partial charge in [-0.2, -0.15) is 0 Å². The van der Waals surface area contributed by atoms with Gasteiger partial charge >= 0.3 is 0 Å². The molecule has 0 saturated carbocycles. The fourth-order valence-corrected chi connectivity index (χ4v) is 3.53. The number of thiocarbonyl (C=S) groups is 1. The first-order valence-electron chi connectivity index (χ1n) is 7.11. The fraction of sp³-hybridized carbons (Fsp3) is 0.0556. The Bertz CT molecular complexity index is 892. The molecule has 3 rings (SSSR count). The number of carbonyl (C=O) groups is 2. The number of hydrogen-bond donors (Lipinski definition) is 0. The molecule has 0 atom stereocenters. The highest BCUT2D eigenvalue weighted by Gasteiger charge is 2.37. The van der Waals surface area contributed by atoms with Crippen LogP contribution in [0.5, 0.6) is 0 Å². The number of amides is 2. The predicted molar refractivity (Wildman–Crippen MR) is 96.9 cm³/mol. The monoisotopic (exact) mass is 357 g/mol. The van der Waals surface area contributed by atoms with Crippen molar-refractivity contribution >= 4 is 46.2 Å². The lowest BCUT2D eigenvalue weighted by molar-refractivity contribution is -0.120. The second kappa shape index (κ2) is 6.67.